The van der Waals surface area contributed by atoms with Crippen LogP contribution in [0.4, 0.5) is 5.69 Å². The number of likely N-dealkylation sites (N-methyl/N-ethyl adjacent to an activating group) is 1. The first-order chi connectivity index (χ1) is 13.3. The van der Waals surface area contributed by atoms with Gasteiger partial charge in [-0.2, -0.15) is 0 Å². The lowest BCUT2D eigenvalue weighted by Gasteiger charge is -2.32. The zero-order valence-electron chi connectivity index (χ0n) is 16.2. The predicted molar refractivity (Wildman–Crippen MR) is 106 cm³/mol. The van der Waals surface area contributed by atoms with Crippen molar-refractivity contribution in [3.05, 3.63) is 17.7 Å². The van der Waals surface area contributed by atoms with Gasteiger partial charge in [0.15, 0.2) is 0 Å². The van der Waals surface area contributed by atoms with Crippen molar-refractivity contribution >= 4 is 12.0 Å². The summed E-state index contributed by atoms with van der Waals surface area (Å²) >= 11 is 0. The molecule has 0 atom stereocenters. The van der Waals surface area contributed by atoms with Crippen LogP contribution in [0.1, 0.15) is 18.4 Å². The third-order valence-electron chi connectivity index (χ3n) is 5.48. The van der Waals surface area contributed by atoms with Crippen LogP contribution in [0.2, 0.25) is 0 Å². The Morgan fingerprint density at radius 1 is 1.19 bits per heavy atom. The number of nitrogens with one attached hydrogen (secondary N) is 1. The van der Waals surface area contributed by atoms with Crippen LogP contribution in [0.5, 0.6) is 11.5 Å². The van der Waals surface area contributed by atoms with E-state index in [0.717, 1.165) is 81.5 Å². The Kier molecular flexibility index (Phi) is 6.11. The molecule has 0 radical (unpaired) electrons. The minimum Gasteiger partial charge on any atom is -0.492 e. The summed E-state index contributed by atoms with van der Waals surface area (Å²) in [6.45, 7) is 8.30. The van der Waals surface area contributed by atoms with E-state index in [2.05, 4.69) is 33.2 Å². The molecule has 0 amide bonds. The molecule has 1 aromatic carbocycles. The van der Waals surface area contributed by atoms with E-state index in [9.17, 15) is 0 Å². The molecule has 3 heterocycles. The van der Waals surface area contributed by atoms with Crippen molar-refractivity contribution in [2.24, 2.45) is 4.99 Å². The highest BCUT2D eigenvalue weighted by Crippen LogP contribution is 2.35. The second-order valence-electron chi connectivity index (χ2n) is 7.48. The molecule has 1 aromatic rings. The minimum absolute atomic E-state index is 0.203. The highest BCUT2D eigenvalue weighted by Gasteiger charge is 2.21. The van der Waals surface area contributed by atoms with Gasteiger partial charge in [-0.25, -0.2) is 0 Å². The maximum atomic E-state index is 6.31. The summed E-state index contributed by atoms with van der Waals surface area (Å²) in [4.78, 5) is 9.17. The van der Waals surface area contributed by atoms with E-state index in [0.29, 0.717) is 13.2 Å². The summed E-state index contributed by atoms with van der Waals surface area (Å²) in [6.07, 6.45) is 3.81. The zero-order chi connectivity index (χ0) is 18.5. The SMILES string of the molecule is CN1CCN(CCOc2cc3c(c(OC4CCOCC4)c2)CN=CN3)CC1. The lowest BCUT2D eigenvalue weighted by atomic mass is 10.1. The van der Waals surface area contributed by atoms with Gasteiger partial charge in [-0.3, -0.25) is 9.89 Å². The number of anilines is 1. The van der Waals surface area contributed by atoms with Crippen LogP contribution in [0, 0.1) is 0 Å². The van der Waals surface area contributed by atoms with Crippen molar-refractivity contribution in [2.75, 3.05) is 64.9 Å². The average molecular weight is 374 g/mol. The molecular weight excluding hydrogens is 344 g/mol. The number of nitrogens with zero attached hydrogens (tertiary/aromatic N) is 3. The second-order valence-corrected chi connectivity index (χ2v) is 7.48. The first-order valence-electron chi connectivity index (χ1n) is 9.98. The summed E-state index contributed by atoms with van der Waals surface area (Å²) in [7, 11) is 2.18. The van der Waals surface area contributed by atoms with Gasteiger partial charge in [0.05, 0.1) is 31.8 Å². The van der Waals surface area contributed by atoms with Crippen molar-refractivity contribution in [1.29, 1.82) is 0 Å². The molecule has 0 spiro atoms. The third-order valence-corrected chi connectivity index (χ3v) is 5.48. The van der Waals surface area contributed by atoms with Gasteiger partial charge in [0, 0.05) is 63.3 Å². The van der Waals surface area contributed by atoms with E-state index in [1.54, 1.807) is 6.34 Å². The monoisotopic (exact) mass is 374 g/mol. The Bertz CT molecular complexity index is 653. The number of aliphatic imine (C=N–C) groups is 1. The summed E-state index contributed by atoms with van der Waals surface area (Å²) in [5.74, 6) is 1.74. The number of piperazine rings is 1. The summed E-state index contributed by atoms with van der Waals surface area (Å²) in [6, 6.07) is 4.09. The molecule has 3 aliphatic heterocycles. The Morgan fingerprint density at radius 3 is 2.81 bits per heavy atom. The minimum atomic E-state index is 0.203. The van der Waals surface area contributed by atoms with Gasteiger partial charge in [-0.1, -0.05) is 0 Å². The lowest BCUT2D eigenvalue weighted by molar-refractivity contribution is 0.0251. The first-order valence-corrected chi connectivity index (χ1v) is 9.98. The fourth-order valence-corrected chi connectivity index (χ4v) is 3.69. The van der Waals surface area contributed by atoms with Gasteiger partial charge in [0.25, 0.3) is 0 Å². The van der Waals surface area contributed by atoms with Gasteiger partial charge in [-0.05, 0) is 7.05 Å². The molecule has 4 rings (SSSR count). The van der Waals surface area contributed by atoms with Gasteiger partial charge >= 0.3 is 0 Å². The van der Waals surface area contributed by atoms with E-state index >= 15 is 0 Å². The molecule has 1 N–H and O–H groups in total. The topological polar surface area (TPSA) is 58.6 Å². The van der Waals surface area contributed by atoms with Crippen LogP contribution < -0.4 is 14.8 Å². The predicted octanol–water partition coefficient (Wildman–Crippen LogP) is 1.82. The normalized spacial score (nSPS) is 21.5. The van der Waals surface area contributed by atoms with E-state index in [-0.39, 0.29) is 6.10 Å². The maximum Gasteiger partial charge on any atom is 0.130 e. The quantitative estimate of drug-likeness (QED) is 0.820. The number of rotatable bonds is 6. The third kappa shape index (κ3) is 4.91. The number of benzene rings is 1. The summed E-state index contributed by atoms with van der Waals surface area (Å²) in [5.41, 5.74) is 2.14. The van der Waals surface area contributed by atoms with E-state index in [4.69, 9.17) is 14.2 Å². The summed E-state index contributed by atoms with van der Waals surface area (Å²) in [5, 5.41) is 3.23. The smallest absolute Gasteiger partial charge is 0.130 e. The maximum absolute atomic E-state index is 6.31. The molecule has 0 aliphatic carbocycles. The van der Waals surface area contributed by atoms with Crippen molar-refractivity contribution in [2.45, 2.75) is 25.5 Å². The van der Waals surface area contributed by atoms with Crippen molar-refractivity contribution in [3.63, 3.8) is 0 Å². The van der Waals surface area contributed by atoms with E-state index in [1.807, 2.05) is 6.07 Å². The molecule has 2 fully saturated rings. The molecule has 7 heteroatoms. The molecule has 0 bridgehead atoms. The number of hydrogen-bond acceptors (Lipinski definition) is 7. The van der Waals surface area contributed by atoms with E-state index in [1.165, 1.54) is 0 Å². The van der Waals surface area contributed by atoms with Crippen LogP contribution in [-0.2, 0) is 11.3 Å². The van der Waals surface area contributed by atoms with Crippen molar-refractivity contribution in [1.82, 2.24) is 9.80 Å². The van der Waals surface area contributed by atoms with Gasteiger partial charge in [-0.15, -0.1) is 0 Å². The Morgan fingerprint density at radius 2 is 2.00 bits per heavy atom. The van der Waals surface area contributed by atoms with Crippen LogP contribution >= 0.6 is 0 Å². The fraction of sp³-hybridized carbons (Fsp3) is 0.650. The Balaban J connectivity index is 1.39. The van der Waals surface area contributed by atoms with Crippen LogP contribution in [0.15, 0.2) is 17.1 Å². The highest BCUT2D eigenvalue weighted by atomic mass is 16.5. The van der Waals surface area contributed by atoms with Crippen LogP contribution in [0.3, 0.4) is 0 Å². The zero-order valence-corrected chi connectivity index (χ0v) is 16.2. The molecule has 0 unspecified atom stereocenters. The Labute approximate surface area is 161 Å². The molecule has 2 saturated heterocycles. The molecular formula is C20H30N4O3. The van der Waals surface area contributed by atoms with Crippen molar-refractivity contribution < 1.29 is 14.2 Å². The van der Waals surface area contributed by atoms with Gasteiger partial charge in [0.1, 0.15) is 24.2 Å². The second kappa shape index (κ2) is 8.91. The van der Waals surface area contributed by atoms with Gasteiger partial charge < -0.3 is 24.4 Å². The molecule has 0 aromatic heterocycles. The Hall–Kier alpha value is -1.83. The summed E-state index contributed by atoms with van der Waals surface area (Å²) < 4.78 is 17.8. The standard InChI is InChI=1S/C20H30N4O3/c1-23-4-6-24(7-5-23)8-11-26-17-12-19-18(14-21-15-22-19)20(13-17)27-16-2-9-25-10-3-16/h12-13,15-16H,2-11,14H2,1H3,(H,21,22). The van der Waals surface area contributed by atoms with Crippen molar-refractivity contribution in [3.8, 4) is 11.5 Å². The average Bonchev–Trinajstić information content (AvgIpc) is 2.70. The lowest BCUT2D eigenvalue weighted by Crippen LogP contribution is -2.45. The van der Waals surface area contributed by atoms with E-state index < -0.39 is 0 Å². The van der Waals surface area contributed by atoms with Crippen LogP contribution in [0.25, 0.3) is 0 Å². The number of ether oxygens (including phenoxy) is 3. The highest BCUT2D eigenvalue weighted by molar-refractivity contribution is 5.81. The first kappa shape index (κ1) is 18.5. The van der Waals surface area contributed by atoms with Gasteiger partial charge in [0.2, 0.25) is 0 Å². The fourth-order valence-electron chi connectivity index (χ4n) is 3.69. The number of hydrogen-bond donors (Lipinski definition) is 1. The molecule has 0 saturated carbocycles. The molecule has 27 heavy (non-hydrogen) atoms. The van der Waals surface area contributed by atoms with Crippen LogP contribution in [-0.4, -0.2) is 81.8 Å². The molecule has 7 nitrogen and oxygen atoms in total. The largest absolute Gasteiger partial charge is 0.492 e. The molecule has 148 valence electrons. The number of fused-ring (bicyclic) bond motifs is 1. The molecule has 3 aliphatic rings.